The van der Waals surface area contributed by atoms with Gasteiger partial charge in [-0.2, -0.15) is 0 Å². The molecule has 6 nitrogen and oxygen atoms in total. The van der Waals surface area contributed by atoms with Crippen molar-refractivity contribution in [3.8, 4) is 0 Å². The van der Waals surface area contributed by atoms with Crippen molar-refractivity contribution in [2.75, 3.05) is 32.8 Å². The van der Waals surface area contributed by atoms with E-state index in [0.29, 0.717) is 13.1 Å². The molecule has 0 saturated carbocycles. The van der Waals surface area contributed by atoms with Crippen molar-refractivity contribution in [3.63, 3.8) is 0 Å². The Morgan fingerprint density at radius 1 is 1.25 bits per heavy atom. The molecule has 0 bridgehead atoms. The van der Waals surface area contributed by atoms with E-state index in [4.69, 9.17) is 4.74 Å². The molecule has 0 unspecified atom stereocenters. The minimum atomic E-state index is -0.389. The number of amides is 2. The van der Waals surface area contributed by atoms with Crippen LogP contribution in [0, 0.1) is 6.92 Å². The van der Waals surface area contributed by atoms with Crippen LogP contribution in [0.15, 0.2) is 24.3 Å². The molecule has 4 rings (SSSR count). The van der Waals surface area contributed by atoms with E-state index in [9.17, 15) is 9.59 Å². The highest BCUT2D eigenvalue weighted by atomic mass is 16.5. The highest BCUT2D eigenvalue weighted by Gasteiger charge is 2.40. The number of carbonyl (C=O) groups is 2. The van der Waals surface area contributed by atoms with Crippen molar-refractivity contribution < 1.29 is 14.3 Å². The van der Waals surface area contributed by atoms with E-state index in [1.54, 1.807) is 0 Å². The molecule has 1 aromatic carbocycles. The second-order valence-corrected chi connectivity index (χ2v) is 8.49. The van der Waals surface area contributed by atoms with Crippen LogP contribution in [0.2, 0.25) is 0 Å². The second kappa shape index (κ2) is 8.21. The maximum atomic E-state index is 12.9. The van der Waals surface area contributed by atoms with Gasteiger partial charge in [-0.15, -0.1) is 0 Å². The SMILES string of the molecule is Cc1cccc(CN2CCNC(=O)[C@H]2CC(=O)N2CCC3(CCCO3)CC2)c1. The van der Waals surface area contributed by atoms with E-state index >= 15 is 0 Å². The Balaban J connectivity index is 1.38. The number of hydrogen-bond acceptors (Lipinski definition) is 4. The van der Waals surface area contributed by atoms with E-state index in [2.05, 4.69) is 35.3 Å². The molecule has 1 N–H and O–H groups in total. The van der Waals surface area contributed by atoms with Crippen LogP contribution in [0.25, 0.3) is 0 Å². The van der Waals surface area contributed by atoms with Crippen LogP contribution >= 0.6 is 0 Å². The Morgan fingerprint density at radius 2 is 2.07 bits per heavy atom. The van der Waals surface area contributed by atoms with Crippen LogP contribution in [0.5, 0.6) is 0 Å². The zero-order valence-corrected chi connectivity index (χ0v) is 16.8. The molecule has 3 aliphatic heterocycles. The number of benzene rings is 1. The molecule has 0 aromatic heterocycles. The number of piperidine rings is 1. The summed E-state index contributed by atoms with van der Waals surface area (Å²) in [5.74, 6) is 0.0593. The topological polar surface area (TPSA) is 61.9 Å². The number of piperazine rings is 1. The smallest absolute Gasteiger partial charge is 0.237 e. The number of likely N-dealkylation sites (tertiary alicyclic amines) is 1. The summed E-state index contributed by atoms with van der Waals surface area (Å²) in [4.78, 5) is 29.6. The van der Waals surface area contributed by atoms with Crippen LogP contribution in [-0.4, -0.2) is 66.0 Å². The van der Waals surface area contributed by atoms with Gasteiger partial charge in [0.2, 0.25) is 11.8 Å². The molecule has 6 heteroatoms. The fourth-order valence-electron chi connectivity index (χ4n) is 4.83. The van der Waals surface area contributed by atoms with Crippen LogP contribution in [0.3, 0.4) is 0 Å². The normalized spacial score (nSPS) is 25.1. The Labute approximate surface area is 167 Å². The molecule has 3 fully saturated rings. The first-order valence-electron chi connectivity index (χ1n) is 10.5. The first kappa shape index (κ1) is 19.4. The van der Waals surface area contributed by atoms with E-state index in [1.165, 1.54) is 11.1 Å². The van der Waals surface area contributed by atoms with Crippen LogP contribution in [-0.2, 0) is 20.9 Å². The van der Waals surface area contributed by atoms with Crippen molar-refractivity contribution in [3.05, 3.63) is 35.4 Å². The second-order valence-electron chi connectivity index (χ2n) is 8.49. The van der Waals surface area contributed by atoms with Gasteiger partial charge in [-0.3, -0.25) is 14.5 Å². The van der Waals surface area contributed by atoms with Gasteiger partial charge in [0.15, 0.2) is 0 Å². The maximum absolute atomic E-state index is 12.9. The van der Waals surface area contributed by atoms with Gasteiger partial charge in [0.05, 0.1) is 18.1 Å². The van der Waals surface area contributed by atoms with Gasteiger partial charge >= 0.3 is 0 Å². The van der Waals surface area contributed by atoms with Gasteiger partial charge in [0.25, 0.3) is 0 Å². The molecule has 152 valence electrons. The van der Waals surface area contributed by atoms with Crippen molar-refractivity contribution in [1.82, 2.24) is 15.1 Å². The van der Waals surface area contributed by atoms with Gasteiger partial charge in [-0.25, -0.2) is 0 Å². The molecule has 28 heavy (non-hydrogen) atoms. The largest absolute Gasteiger partial charge is 0.375 e. The van der Waals surface area contributed by atoms with Gasteiger partial charge in [-0.1, -0.05) is 29.8 Å². The minimum Gasteiger partial charge on any atom is -0.375 e. The number of nitrogens with zero attached hydrogens (tertiary/aromatic N) is 2. The van der Waals surface area contributed by atoms with Crippen molar-refractivity contribution in [1.29, 1.82) is 0 Å². The molecule has 3 saturated heterocycles. The van der Waals surface area contributed by atoms with Gasteiger partial charge in [0, 0.05) is 39.3 Å². The minimum absolute atomic E-state index is 0.0101. The summed E-state index contributed by atoms with van der Waals surface area (Å²) < 4.78 is 5.96. The number of rotatable bonds is 4. The van der Waals surface area contributed by atoms with Crippen molar-refractivity contribution >= 4 is 11.8 Å². The third-order valence-corrected chi connectivity index (χ3v) is 6.49. The Morgan fingerprint density at radius 3 is 2.79 bits per heavy atom. The van der Waals surface area contributed by atoms with Crippen molar-refractivity contribution in [2.45, 2.75) is 57.2 Å². The van der Waals surface area contributed by atoms with Crippen molar-refractivity contribution in [2.24, 2.45) is 0 Å². The predicted octanol–water partition coefficient (Wildman–Crippen LogP) is 1.86. The fraction of sp³-hybridized carbons (Fsp3) is 0.636. The van der Waals surface area contributed by atoms with Gasteiger partial charge < -0.3 is 15.0 Å². The lowest BCUT2D eigenvalue weighted by molar-refractivity contribution is -0.142. The average Bonchev–Trinajstić information content (AvgIpc) is 3.13. The van der Waals surface area contributed by atoms with Crippen LogP contribution < -0.4 is 5.32 Å². The zero-order chi connectivity index (χ0) is 19.6. The summed E-state index contributed by atoms with van der Waals surface area (Å²) in [5.41, 5.74) is 2.41. The monoisotopic (exact) mass is 385 g/mol. The number of hydrogen-bond donors (Lipinski definition) is 1. The predicted molar refractivity (Wildman–Crippen MR) is 107 cm³/mol. The van der Waals surface area contributed by atoms with E-state index in [0.717, 1.165) is 51.9 Å². The lowest BCUT2D eigenvalue weighted by atomic mass is 9.88. The Kier molecular flexibility index (Phi) is 5.69. The number of aryl methyl sites for hydroxylation is 1. The number of carbonyl (C=O) groups excluding carboxylic acids is 2. The molecule has 0 radical (unpaired) electrons. The standard InChI is InChI=1S/C22H31N3O3/c1-17-4-2-5-18(14-17)16-25-12-9-23-21(27)19(25)15-20(26)24-10-7-22(8-11-24)6-3-13-28-22/h2,4-5,14,19H,3,6-13,15-16H2,1H3,(H,23,27)/t19-/m1/s1. The highest BCUT2D eigenvalue weighted by molar-refractivity contribution is 5.88. The molecular weight excluding hydrogens is 354 g/mol. The third-order valence-electron chi connectivity index (χ3n) is 6.49. The molecule has 3 aliphatic rings. The fourth-order valence-corrected chi connectivity index (χ4v) is 4.83. The maximum Gasteiger partial charge on any atom is 0.237 e. The molecule has 1 atom stereocenters. The summed E-state index contributed by atoms with van der Waals surface area (Å²) >= 11 is 0. The molecule has 1 aromatic rings. The first-order valence-corrected chi connectivity index (χ1v) is 10.5. The average molecular weight is 386 g/mol. The highest BCUT2D eigenvalue weighted by Crippen LogP contribution is 2.35. The van der Waals surface area contributed by atoms with Crippen LogP contribution in [0.1, 0.15) is 43.2 Å². The Hall–Kier alpha value is -1.92. The lowest BCUT2D eigenvalue weighted by Gasteiger charge is -2.40. The summed E-state index contributed by atoms with van der Waals surface area (Å²) in [6, 6.07) is 7.97. The summed E-state index contributed by atoms with van der Waals surface area (Å²) in [7, 11) is 0. The zero-order valence-electron chi connectivity index (χ0n) is 16.8. The molecular formula is C22H31N3O3. The summed E-state index contributed by atoms with van der Waals surface area (Å²) in [5, 5.41) is 2.94. The number of ether oxygens (including phenoxy) is 1. The molecule has 1 spiro atoms. The number of nitrogens with one attached hydrogen (secondary N) is 1. The van der Waals surface area contributed by atoms with Crippen LogP contribution in [0.4, 0.5) is 0 Å². The molecule has 2 amide bonds. The summed E-state index contributed by atoms with van der Waals surface area (Å²) in [6.07, 6.45) is 4.34. The van der Waals surface area contributed by atoms with Gasteiger partial charge in [0.1, 0.15) is 0 Å². The van der Waals surface area contributed by atoms with E-state index < -0.39 is 0 Å². The van der Waals surface area contributed by atoms with Gasteiger partial charge in [-0.05, 0) is 38.2 Å². The lowest BCUT2D eigenvalue weighted by Crippen LogP contribution is -2.57. The Bertz CT molecular complexity index is 719. The third kappa shape index (κ3) is 4.23. The molecule has 0 aliphatic carbocycles. The summed E-state index contributed by atoms with van der Waals surface area (Å²) in [6.45, 7) is 6.52. The first-order chi connectivity index (χ1) is 13.5. The quantitative estimate of drug-likeness (QED) is 0.859. The van der Waals surface area contributed by atoms with E-state index in [1.807, 2.05) is 11.0 Å². The van der Waals surface area contributed by atoms with E-state index in [-0.39, 0.29) is 29.9 Å². The molecule has 3 heterocycles.